The highest BCUT2D eigenvalue weighted by molar-refractivity contribution is 5.97. The number of H-pyrrole nitrogens is 1. The van der Waals surface area contributed by atoms with Crippen molar-refractivity contribution in [2.75, 3.05) is 12.4 Å². The Hall–Kier alpha value is -1.36. The highest BCUT2D eigenvalue weighted by Crippen LogP contribution is 2.12. The summed E-state index contributed by atoms with van der Waals surface area (Å²) in [5.41, 5.74) is 0.993. The summed E-state index contributed by atoms with van der Waals surface area (Å²) in [6.45, 7) is 5.49. The molecular formula is C9H16N4O. The molecule has 5 nitrogen and oxygen atoms in total. The summed E-state index contributed by atoms with van der Waals surface area (Å²) >= 11 is 0. The lowest BCUT2D eigenvalue weighted by molar-refractivity contribution is -0.121. The summed E-state index contributed by atoms with van der Waals surface area (Å²) in [5.74, 6) is -0.0792. The number of carbonyl (C=O) groups excluding carboxylic acids is 1. The first-order valence-corrected chi connectivity index (χ1v) is 4.47. The summed E-state index contributed by atoms with van der Waals surface area (Å²) in [7, 11) is 1.75. The second-order valence-corrected chi connectivity index (χ2v) is 3.74. The third-order valence-corrected chi connectivity index (χ3v) is 2.27. The van der Waals surface area contributed by atoms with E-state index in [2.05, 4.69) is 20.8 Å². The van der Waals surface area contributed by atoms with Crippen molar-refractivity contribution >= 4 is 11.6 Å². The first-order valence-electron chi connectivity index (χ1n) is 4.47. The number of hydrogen-bond acceptors (Lipinski definition) is 3. The number of aryl methyl sites for hydroxylation is 1. The number of aromatic amines is 1. The smallest absolute Gasteiger partial charge is 0.244 e. The maximum atomic E-state index is 11.7. The van der Waals surface area contributed by atoms with Crippen LogP contribution >= 0.6 is 0 Å². The number of hydrogen-bond donors (Lipinski definition) is 3. The lowest BCUT2D eigenvalue weighted by Crippen LogP contribution is -2.47. The van der Waals surface area contributed by atoms with Crippen molar-refractivity contribution in [2.24, 2.45) is 0 Å². The van der Waals surface area contributed by atoms with Crippen LogP contribution in [-0.2, 0) is 4.79 Å². The van der Waals surface area contributed by atoms with Crippen LogP contribution in [0.2, 0.25) is 0 Å². The number of likely N-dealkylation sites (N-methyl/N-ethyl adjacent to an activating group) is 1. The molecule has 1 aromatic rings. The molecule has 3 N–H and O–H groups in total. The average molecular weight is 196 g/mol. The lowest BCUT2D eigenvalue weighted by atomic mass is 10.1. The number of amides is 1. The van der Waals surface area contributed by atoms with Crippen LogP contribution < -0.4 is 10.6 Å². The fourth-order valence-corrected chi connectivity index (χ4v) is 0.869. The van der Waals surface area contributed by atoms with Gasteiger partial charge in [-0.3, -0.25) is 9.89 Å². The molecule has 1 amide bonds. The maximum absolute atomic E-state index is 11.7. The summed E-state index contributed by atoms with van der Waals surface area (Å²) in [4.78, 5) is 11.7. The number of carbonyl (C=O) groups is 1. The van der Waals surface area contributed by atoms with E-state index < -0.39 is 5.54 Å². The van der Waals surface area contributed by atoms with Crippen molar-refractivity contribution in [1.82, 2.24) is 15.5 Å². The standard InChI is InChI=1S/C9H16N4O/c1-6-7(5-11-13-6)12-8(14)9(2,3)10-4/h5,10H,1-4H3,(H,11,13)(H,12,14). The fourth-order valence-electron chi connectivity index (χ4n) is 0.869. The van der Waals surface area contributed by atoms with Gasteiger partial charge in [-0.25, -0.2) is 0 Å². The van der Waals surface area contributed by atoms with Gasteiger partial charge < -0.3 is 10.6 Å². The maximum Gasteiger partial charge on any atom is 0.244 e. The zero-order valence-corrected chi connectivity index (χ0v) is 8.93. The van der Waals surface area contributed by atoms with Crippen LogP contribution in [0.15, 0.2) is 6.20 Å². The minimum absolute atomic E-state index is 0.0792. The van der Waals surface area contributed by atoms with Gasteiger partial charge in [-0.1, -0.05) is 0 Å². The van der Waals surface area contributed by atoms with E-state index in [0.29, 0.717) is 0 Å². The van der Waals surface area contributed by atoms with E-state index in [0.717, 1.165) is 11.4 Å². The Morgan fingerprint density at radius 3 is 2.64 bits per heavy atom. The SMILES string of the molecule is CNC(C)(C)C(=O)Nc1cn[nH]c1C. The molecule has 0 atom stereocenters. The van der Waals surface area contributed by atoms with Crippen LogP contribution in [0.25, 0.3) is 0 Å². The van der Waals surface area contributed by atoms with Crippen LogP contribution in [0.4, 0.5) is 5.69 Å². The Kier molecular flexibility index (Phi) is 2.90. The third kappa shape index (κ3) is 2.11. The van der Waals surface area contributed by atoms with Crippen molar-refractivity contribution in [1.29, 1.82) is 0 Å². The largest absolute Gasteiger partial charge is 0.322 e. The third-order valence-electron chi connectivity index (χ3n) is 2.27. The van der Waals surface area contributed by atoms with E-state index in [-0.39, 0.29) is 5.91 Å². The van der Waals surface area contributed by atoms with E-state index in [9.17, 15) is 4.79 Å². The molecule has 5 heteroatoms. The number of nitrogens with one attached hydrogen (secondary N) is 3. The second kappa shape index (κ2) is 3.79. The first kappa shape index (κ1) is 10.7. The minimum Gasteiger partial charge on any atom is -0.322 e. The van der Waals surface area contributed by atoms with Gasteiger partial charge in [0.2, 0.25) is 5.91 Å². The molecule has 0 fully saturated rings. The van der Waals surface area contributed by atoms with Crippen LogP contribution in [0.5, 0.6) is 0 Å². The molecule has 0 aliphatic rings. The predicted molar refractivity (Wildman–Crippen MR) is 55.1 cm³/mol. The van der Waals surface area contributed by atoms with Gasteiger partial charge in [0.05, 0.1) is 23.1 Å². The molecule has 14 heavy (non-hydrogen) atoms. The highest BCUT2D eigenvalue weighted by atomic mass is 16.2. The molecule has 0 aliphatic carbocycles. The highest BCUT2D eigenvalue weighted by Gasteiger charge is 2.25. The van der Waals surface area contributed by atoms with E-state index in [1.807, 2.05) is 20.8 Å². The quantitative estimate of drug-likeness (QED) is 0.665. The lowest BCUT2D eigenvalue weighted by Gasteiger charge is -2.22. The molecule has 78 valence electrons. The zero-order valence-electron chi connectivity index (χ0n) is 8.93. The predicted octanol–water partition coefficient (Wildman–Crippen LogP) is 0.655. The van der Waals surface area contributed by atoms with Gasteiger partial charge in [0.15, 0.2) is 0 Å². The van der Waals surface area contributed by atoms with Crippen LogP contribution in [0.3, 0.4) is 0 Å². The summed E-state index contributed by atoms with van der Waals surface area (Å²) in [6.07, 6.45) is 1.60. The Morgan fingerprint density at radius 1 is 1.57 bits per heavy atom. The van der Waals surface area contributed by atoms with Gasteiger partial charge >= 0.3 is 0 Å². The summed E-state index contributed by atoms with van der Waals surface area (Å²) in [5, 5.41) is 12.3. The average Bonchev–Trinajstić information content (AvgIpc) is 2.52. The summed E-state index contributed by atoms with van der Waals surface area (Å²) in [6, 6.07) is 0. The first-order chi connectivity index (χ1) is 6.47. The number of anilines is 1. The molecule has 0 unspecified atom stereocenters. The molecular weight excluding hydrogens is 180 g/mol. The molecule has 0 saturated carbocycles. The van der Waals surface area contributed by atoms with Gasteiger partial charge in [0.25, 0.3) is 0 Å². The Morgan fingerprint density at radius 2 is 2.21 bits per heavy atom. The summed E-state index contributed by atoms with van der Waals surface area (Å²) < 4.78 is 0. The Labute approximate surface area is 83.3 Å². The van der Waals surface area contributed by atoms with Gasteiger partial charge in [0, 0.05) is 0 Å². The van der Waals surface area contributed by atoms with E-state index in [1.165, 1.54) is 0 Å². The molecule has 1 rings (SSSR count). The van der Waals surface area contributed by atoms with Gasteiger partial charge in [0.1, 0.15) is 0 Å². The molecule has 0 bridgehead atoms. The van der Waals surface area contributed by atoms with Gasteiger partial charge in [-0.2, -0.15) is 5.10 Å². The van der Waals surface area contributed by atoms with Crippen molar-refractivity contribution in [3.63, 3.8) is 0 Å². The van der Waals surface area contributed by atoms with Crippen molar-refractivity contribution in [3.05, 3.63) is 11.9 Å². The Balaban J connectivity index is 2.71. The molecule has 1 aromatic heterocycles. The van der Waals surface area contributed by atoms with E-state index in [1.54, 1.807) is 13.2 Å². The van der Waals surface area contributed by atoms with Crippen molar-refractivity contribution < 1.29 is 4.79 Å². The Bertz CT molecular complexity index is 329. The number of aromatic nitrogens is 2. The van der Waals surface area contributed by atoms with Crippen LogP contribution in [0, 0.1) is 6.92 Å². The van der Waals surface area contributed by atoms with E-state index >= 15 is 0 Å². The monoisotopic (exact) mass is 196 g/mol. The second-order valence-electron chi connectivity index (χ2n) is 3.74. The van der Waals surface area contributed by atoms with Crippen molar-refractivity contribution in [3.8, 4) is 0 Å². The number of nitrogens with zero attached hydrogens (tertiary/aromatic N) is 1. The molecule has 0 saturated heterocycles. The van der Waals surface area contributed by atoms with Crippen LogP contribution in [-0.4, -0.2) is 28.7 Å². The number of rotatable bonds is 3. The molecule has 0 aliphatic heterocycles. The van der Waals surface area contributed by atoms with Gasteiger partial charge in [-0.15, -0.1) is 0 Å². The minimum atomic E-state index is -0.580. The molecule has 1 heterocycles. The van der Waals surface area contributed by atoms with Gasteiger partial charge in [-0.05, 0) is 27.8 Å². The van der Waals surface area contributed by atoms with Crippen molar-refractivity contribution in [2.45, 2.75) is 26.3 Å². The molecule has 0 radical (unpaired) electrons. The topological polar surface area (TPSA) is 69.8 Å². The molecule has 0 spiro atoms. The zero-order chi connectivity index (χ0) is 10.8. The van der Waals surface area contributed by atoms with E-state index in [4.69, 9.17) is 0 Å². The van der Waals surface area contributed by atoms with Crippen LogP contribution in [0.1, 0.15) is 19.5 Å². The normalized spacial score (nSPS) is 11.4. The molecule has 0 aromatic carbocycles. The fraction of sp³-hybridized carbons (Fsp3) is 0.556.